The van der Waals surface area contributed by atoms with Crippen molar-refractivity contribution < 1.29 is 9.53 Å². The van der Waals surface area contributed by atoms with Crippen LogP contribution in [0.25, 0.3) is 0 Å². The molecule has 0 unspecified atom stereocenters. The molecule has 0 bridgehead atoms. The van der Waals surface area contributed by atoms with E-state index in [1.807, 2.05) is 32.0 Å². The lowest BCUT2D eigenvalue weighted by Crippen LogP contribution is -2.36. The minimum Gasteiger partial charge on any atom is -0.460 e. The number of nitrogens with zero attached hydrogens (tertiary/aromatic N) is 1. The van der Waals surface area contributed by atoms with Gasteiger partial charge in [0.05, 0.1) is 5.69 Å². The van der Waals surface area contributed by atoms with Crippen molar-refractivity contribution in [1.29, 1.82) is 0 Å². The number of rotatable bonds is 3. The van der Waals surface area contributed by atoms with Crippen molar-refractivity contribution in [2.75, 3.05) is 5.32 Å². The molecule has 1 heterocycles. The Hall–Kier alpha value is -2.24. The van der Waals surface area contributed by atoms with Crippen molar-refractivity contribution in [2.45, 2.75) is 71.1 Å². The number of carbonyl (C=O) groups is 1. The third kappa shape index (κ3) is 5.11. The number of ether oxygens (including phenoxy) is 1. The minimum atomic E-state index is -0.203. The van der Waals surface area contributed by atoms with E-state index in [1.165, 1.54) is 38.5 Å². The highest BCUT2D eigenvalue weighted by Gasteiger charge is 2.18. The molecule has 1 aromatic rings. The third-order valence-corrected chi connectivity index (χ3v) is 4.53. The van der Waals surface area contributed by atoms with Crippen molar-refractivity contribution in [1.82, 2.24) is 10.6 Å². The summed E-state index contributed by atoms with van der Waals surface area (Å²) in [6.45, 7) is 4.32. The smallest absolute Gasteiger partial charge is 0.319 e. The Morgan fingerprint density at radius 3 is 2.68 bits per heavy atom. The summed E-state index contributed by atoms with van der Waals surface area (Å²) < 4.78 is 5.78. The highest BCUT2D eigenvalue weighted by molar-refractivity contribution is 5.90. The van der Waals surface area contributed by atoms with Crippen molar-refractivity contribution >= 4 is 23.4 Å². The fourth-order valence-corrected chi connectivity index (χ4v) is 3.28. The van der Waals surface area contributed by atoms with Crippen molar-refractivity contribution in [3.63, 3.8) is 0 Å². The fourth-order valence-electron chi connectivity index (χ4n) is 3.28. The highest BCUT2D eigenvalue weighted by Crippen LogP contribution is 2.28. The number of urea groups is 1. The van der Waals surface area contributed by atoms with Gasteiger partial charge in [0, 0.05) is 23.3 Å². The zero-order valence-corrected chi connectivity index (χ0v) is 15.1. The maximum Gasteiger partial charge on any atom is 0.319 e. The SMILES string of the molecule is CC(C)NC(=O)Nc1ccc2c(c1)COC(NC1CCCCCC1)=N2. The van der Waals surface area contributed by atoms with Gasteiger partial charge in [-0.05, 0) is 44.9 Å². The monoisotopic (exact) mass is 344 g/mol. The number of amidine groups is 1. The molecular formula is C19H28N4O2. The molecule has 3 rings (SSSR count). The number of benzene rings is 1. The lowest BCUT2D eigenvalue weighted by molar-refractivity contribution is 0.250. The molecule has 0 saturated heterocycles. The van der Waals surface area contributed by atoms with Gasteiger partial charge in [-0.3, -0.25) is 0 Å². The second kappa shape index (κ2) is 8.23. The predicted molar refractivity (Wildman–Crippen MR) is 100 cm³/mol. The highest BCUT2D eigenvalue weighted by atomic mass is 16.5. The summed E-state index contributed by atoms with van der Waals surface area (Å²) in [6.07, 6.45) is 7.57. The van der Waals surface area contributed by atoms with E-state index in [0.29, 0.717) is 18.7 Å². The number of hydrogen-bond acceptors (Lipinski definition) is 4. The number of nitrogens with one attached hydrogen (secondary N) is 3. The van der Waals surface area contributed by atoms with Crippen LogP contribution in [0.4, 0.5) is 16.2 Å². The van der Waals surface area contributed by atoms with Crippen LogP contribution in [0.3, 0.4) is 0 Å². The quantitative estimate of drug-likeness (QED) is 0.724. The van der Waals surface area contributed by atoms with Gasteiger partial charge in [0.25, 0.3) is 6.02 Å². The van der Waals surface area contributed by atoms with E-state index in [0.717, 1.165) is 16.9 Å². The maximum absolute atomic E-state index is 11.8. The van der Waals surface area contributed by atoms with Gasteiger partial charge in [-0.1, -0.05) is 25.7 Å². The maximum atomic E-state index is 11.8. The molecule has 0 aromatic heterocycles. The molecule has 6 heteroatoms. The molecule has 2 amide bonds. The van der Waals surface area contributed by atoms with Crippen LogP contribution in [0.5, 0.6) is 0 Å². The van der Waals surface area contributed by atoms with E-state index in [9.17, 15) is 4.79 Å². The summed E-state index contributed by atoms with van der Waals surface area (Å²) in [5.74, 6) is 0. The Balaban J connectivity index is 1.63. The van der Waals surface area contributed by atoms with E-state index in [2.05, 4.69) is 20.9 Å². The topological polar surface area (TPSA) is 74.8 Å². The summed E-state index contributed by atoms with van der Waals surface area (Å²) in [6, 6.07) is 6.70. The van der Waals surface area contributed by atoms with E-state index in [-0.39, 0.29) is 12.1 Å². The van der Waals surface area contributed by atoms with Crippen LogP contribution in [-0.2, 0) is 11.3 Å². The molecule has 1 aromatic carbocycles. The summed E-state index contributed by atoms with van der Waals surface area (Å²) in [7, 11) is 0. The average molecular weight is 344 g/mol. The largest absolute Gasteiger partial charge is 0.460 e. The Bertz CT molecular complexity index is 634. The van der Waals surface area contributed by atoms with Gasteiger partial charge in [0.2, 0.25) is 0 Å². The molecule has 1 aliphatic heterocycles. The molecule has 0 atom stereocenters. The first kappa shape index (κ1) is 17.6. The normalized spacial score (nSPS) is 17.8. The van der Waals surface area contributed by atoms with Crippen LogP contribution in [0, 0.1) is 0 Å². The molecule has 2 aliphatic rings. The number of aliphatic imine (C=N–C) groups is 1. The van der Waals surface area contributed by atoms with Gasteiger partial charge in [-0.25, -0.2) is 4.79 Å². The predicted octanol–water partition coefficient (Wildman–Crippen LogP) is 4.05. The number of carbonyl (C=O) groups excluding carboxylic acids is 1. The first-order valence-corrected chi connectivity index (χ1v) is 9.28. The molecule has 6 nitrogen and oxygen atoms in total. The van der Waals surface area contributed by atoms with Gasteiger partial charge in [0.15, 0.2) is 0 Å². The zero-order chi connectivity index (χ0) is 17.6. The molecule has 3 N–H and O–H groups in total. The van der Waals surface area contributed by atoms with Gasteiger partial charge < -0.3 is 20.7 Å². The van der Waals surface area contributed by atoms with Crippen LogP contribution in [0.15, 0.2) is 23.2 Å². The van der Waals surface area contributed by atoms with E-state index in [1.54, 1.807) is 0 Å². The molecule has 25 heavy (non-hydrogen) atoms. The van der Waals surface area contributed by atoms with E-state index in [4.69, 9.17) is 4.74 Å². The molecule has 136 valence electrons. The summed E-state index contributed by atoms with van der Waals surface area (Å²) in [4.78, 5) is 16.4. The van der Waals surface area contributed by atoms with Crippen molar-refractivity contribution in [3.8, 4) is 0 Å². The lowest BCUT2D eigenvalue weighted by Gasteiger charge is -2.23. The van der Waals surface area contributed by atoms with Crippen LogP contribution in [0.2, 0.25) is 0 Å². The standard InChI is InChI=1S/C19H28N4O2/c1-13(2)20-18(24)21-16-9-10-17-14(11-16)12-25-19(23-17)22-15-7-5-3-4-6-8-15/h9-11,13,15H,3-8,12H2,1-2H3,(H,22,23)(H2,20,21,24). The lowest BCUT2D eigenvalue weighted by atomic mass is 10.1. The van der Waals surface area contributed by atoms with Crippen molar-refractivity contribution in [3.05, 3.63) is 23.8 Å². The van der Waals surface area contributed by atoms with Crippen LogP contribution in [-0.4, -0.2) is 24.1 Å². The first-order chi connectivity index (χ1) is 12.1. The molecule has 1 aliphatic carbocycles. The Morgan fingerprint density at radius 1 is 1.20 bits per heavy atom. The second-order valence-electron chi connectivity index (χ2n) is 7.14. The van der Waals surface area contributed by atoms with E-state index >= 15 is 0 Å². The number of fused-ring (bicyclic) bond motifs is 1. The Morgan fingerprint density at radius 2 is 1.96 bits per heavy atom. The van der Waals surface area contributed by atoms with Gasteiger partial charge >= 0.3 is 6.03 Å². The Labute approximate surface area is 149 Å². The minimum absolute atomic E-state index is 0.100. The first-order valence-electron chi connectivity index (χ1n) is 9.28. The van der Waals surface area contributed by atoms with E-state index < -0.39 is 0 Å². The van der Waals surface area contributed by atoms with Gasteiger partial charge in [0.1, 0.15) is 6.61 Å². The molecule has 1 fully saturated rings. The zero-order valence-electron chi connectivity index (χ0n) is 15.1. The average Bonchev–Trinajstić information content (AvgIpc) is 2.83. The molecule has 1 saturated carbocycles. The van der Waals surface area contributed by atoms with Gasteiger partial charge in [-0.15, -0.1) is 0 Å². The molecular weight excluding hydrogens is 316 g/mol. The van der Waals surface area contributed by atoms with Gasteiger partial charge in [-0.2, -0.15) is 4.99 Å². The number of hydrogen-bond donors (Lipinski definition) is 3. The van der Waals surface area contributed by atoms with Crippen LogP contribution in [0.1, 0.15) is 57.9 Å². The summed E-state index contributed by atoms with van der Waals surface area (Å²) in [5.41, 5.74) is 2.63. The number of anilines is 1. The summed E-state index contributed by atoms with van der Waals surface area (Å²) in [5, 5.41) is 9.10. The Kier molecular flexibility index (Phi) is 5.79. The second-order valence-corrected chi connectivity index (χ2v) is 7.14. The van der Waals surface area contributed by atoms with Crippen molar-refractivity contribution in [2.24, 2.45) is 4.99 Å². The fraction of sp³-hybridized carbons (Fsp3) is 0.579. The van der Waals surface area contributed by atoms with Crippen LogP contribution >= 0.6 is 0 Å². The third-order valence-electron chi connectivity index (χ3n) is 4.53. The molecule has 0 spiro atoms. The van der Waals surface area contributed by atoms with Crippen LogP contribution < -0.4 is 16.0 Å². The summed E-state index contributed by atoms with van der Waals surface area (Å²) >= 11 is 0. The number of amides is 2. The molecule has 0 radical (unpaired) electrons.